The highest BCUT2D eigenvalue weighted by atomic mass is 16.3. The summed E-state index contributed by atoms with van der Waals surface area (Å²) in [6, 6.07) is 5.30. The van der Waals surface area contributed by atoms with Gasteiger partial charge in [-0.15, -0.1) is 0 Å². The molecule has 0 amide bonds. The molecule has 0 bridgehead atoms. The smallest absolute Gasteiger partial charge is 0.346 e. The number of anilines is 1. The summed E-state index contributed by atoms with van der Waals surface area (Å²) in [5.74, 6) is 1.32. The van der Waals surface area contributed by atoms with Crippen molar-refractivity contribution in [2.75, 3.05) is 5.73 Å². The molecule has 0 saturated heterocycles. The second kappa shape index (κ2) is 4.47. The van der Waals surface area contributed by atoms with E-state index < -0.39 is 0 Å². The van der Waals surface area contributed by atoms with E-state index in [1.165, 1.54) is 4.68 Å². The summed E-state index contributed by atoms with van der Waals surface area (Å²) < 4.78 is 8.80. The lowest BCUT2D eigenvalue weighted by Gasteiger charge is -2.09. The Morgan fingerprint density at radius 2 is 2.24 bits per heavy atom. The van der Waals surface area contributed by atoms with Gasteiger partial charge in [-0.3, -0.25) is 4.57 Å². The van der Waals surface area contributed by atoms with Gasteiger partial charge in [-0.1, -0.05) is 0 Å². The van der Waals surface area contributed by atoms with Crippen molar-refractivity contribution in [1.29, 1.82) is 0 Å². The van der Waals surface area contributed by atoms with Crippen LogP contribution >= 0.6 is 0 Å². The van der Waals surface area contributed by atoms with Crippen LogP contribution in [0.25, 0.3) is 11.1 Å². The molecule has 0 fully saturated rings. The maximum absolute atomic E-state index is 12.3. The van der Waals surface area contributed by atoms with E-state index in [-0.39, 0.29) is 12.2 Å². The Morgan fingerprint density at radius 1 is 1.33 bits per heavy atom. The number of aromatic nitrogens is 4. The predicted octanol–water partition coefficient (Wildman–Crippen LogP) is 1.15. The van der Waals surface area contributed by atoms with E-state index in [0.717, 1.165) is 31.6 Å². The average molecular weight is 285 g/mol. The van der Waals surface area contributed by atoms with E-state index in [0.29, 0.717) is 22.7 Å². The SMILES string of the molecule is Nc1ccc2oc(Cn3nc4n(c3=O)CCCC4)nc2c1. The molecule has 1 aliphatic rings. The molecule has 0 radical (unpaired) electrons. The van der Waals surface area contributed by atoms with E-state index in [4.69, 9.17) is 10.2 Å². The second-order valence-corrected chi connectivity index (χ2v) is 5.30. The Morgan fingerprint density at radius 3 is 3.10 bits per heavy atom. The van der Waals surface area contributed by atoms with Crippen molar-refractivity contribution in [3.8, 4) is 0 Å². The van der Waals surface area contributed by atoms with Gasteiger partial charge in [-0.05, 0) is 31.0 Å². The zero-order chi connectivity index (χ0) is 14.4. The van der Waals surface area contributed by atoms with Crippen LogP contribution < -0.4 is 11.4 Å². The van der Waals surface area contributed by atoms with Crippen LogP contribution in [0.2, 0.25) is 0 Å². The molecule has 0 unspecified atom stereocenters. The third kappa shape index (κ3) is 2.01. The quantitative estimate of drug-likeness (QED) is 0.713. The zero-order valence-corrected chi connectivity index (χ0v) is 11.5. The minimum absolute atomic E-state index is 0.0912. The van der Waals surface area contributed by atoms with E-state index >= 15 is 0 Å². The molecule has 4 rings (SSSR count). The summed E-state index contributed by atoms with van der Waals surface area (Å²) in [4.78, 5) is 16.6. The number of nitrogen functional groups attached to an aromatic ring is 1. The number of nitrogens with two attached hydrogens (primary N) is 1. The number of nitrogens with zero attached hydrogens (tertiary/aromatic N) is 4. The van der Waals surface area contributed by atoms with Gasteiger partial charge in [0, 0.05) is 18.7 Å². The van der Waals surface area contributed by atoms with Gasteiger partial charge in [0.15, 0.2) is 5.58 Å². The van der Waals surface area contributed by atoms with E-state index in [1.54, 1.807) is 22.8 Å². The molecule has 21 heavy (non-hydrogen) atoms. The number of aryl methyl sites for hydroxylation is 1. The first-order valence-electron chi connectivity index (χ1n) is 7.02. The Labute approximate surface area is 120 Å². The molecule has 0 atom stereocenters. The van der Waals surface area contributed by atoms with Crippen molar-refractivity contribution >= 4 is 16.8 Å². The summed E-state index contributed by atoms with van der Waals surface area (Å²) >= 11 is 0. The number of hydrogen-bond donors (Lipinski definition) is 1. The highest BCUT2D eigenvalue weighted by Gasteiger charge is 2.18. The molecule has 0 saturated carbocycles. The van der Waals surface area contributed by atoms with Gasteiger partial charge >= 0.3 is 5.69 Å². The molecule has 108 valence electrons. The zero-order valence-electron chi connectivity index (χ0n) is 11.5. The minimum atomic E-state index is -0.0912. The Bertz CT molecular complexity index is 873. The fourth-order valence-electron chi connectivity index (χ4n) is 2.74. The van der Waals surface area contributed by atoms with E-state index in [2.05, 4.69) is 10.1 Å². The molecule has 0 aliphatic carbocycles. The van der Waals surface area contributed by atoms with Gasteiger partial charge in [0.05, 0.1) is 0 Å². The molecule has 2 N–H and O–H groups in total. The average Bonchev–Trinajstić information content (AvgIpc) is 3.01. The first-order chi connectivity index (χ1) is 10.2. The maximum atomic E-state index is 12.3. The van der Waals surface area contributed by atoms with Gasteiger partial charge in [0.25, 0.3) is 0 Å². The number of hydrogen-bond acceptors (Lipinski definition) is 5. The van der Waals surface area contributed by atoms with Crippen LogP contribution in [0.4, 0.5) is 5.69 Å². The Hall–Kier alpha value is -2.57. The van der Waals surface area contributed by atoms with Crippen LogP contribution in [-0.4, -0.2) is 19.3 Å². The maximum Gasteiger partial charge on any atom is 0.346 e. The molecule has 7 heteroatoms. The predicted molar refractivity (Wildman–Crippen MR) is 76.9 cm³/mol. The van der Waals surface area contributed by atoms with Gasteiger partial charge < -0.3 is 10.2 Å². The van der Waals surface area contributed by atoms with Gasteiger partial charge in [-0.25, -0.2) is 14.5 Å². The van der Waals surface area contributed by atoms with Crippen molar-refractivity contribution in [2.45, 2.75) is 32.4 Å². The van der Waals surface area contributed by atoms with Crippen LogP contribution in [-0.2, 0) is 19.5 Å². The molecule has 7 nitrogen and oxygen atoms in total. The van der Waals surface area contributed by atoms with Crippen molar-refractivity contribution in [3.63, 3.8) is 0 Å². The van der Waals surface area contributed by atoms with Crippen LogP contribution in [0.5, 0.6) is 0 Å². The molecule has 2 aromatic heterocycles. The molecule has 1 aliphatic heterocycles. The fraction of sp³-hybridized carbons (Fsp3) is 0.357. The van der Waals surface area contributed by atoms with Crippen molar-refractivity contribution in [3.05, 3.63) is 40.4 Å². The molecular formula is C14H15N5O2. The summed E-state index contributed by atoms with van der Waals surface area (Å²) in [6.45, 7) is 0.992. The van der Waals surface area contributed by atoms with Gasteiger partial charge in [-0.2, -0.15) is 5.10 Å². The Kier molecular flexibility index (Phi) is 2.60. The number of rotatable bonds is 2. The first kappa shape index (κ1) is 12.2. The van der Waals surface area contributed by atoms with Crippen molar-refractivity contribution in [1.82, 2.24) is 19.3 Å². The fourth-order valence-corrected chi connectivity index (χ4v) is 2.74. The highest BCUT2D eigenvalue weighted by molar-refractivity contribution is 5.76. The summed E-state index contributed by atoms with van der Waals surface area (Å²) in [5, 5.41) is 4.38. The summed E-state index contributed by atoms with van der Waals surface area (Å²) in [7, 11) is 0. The lowest BCUT2D eigenvalue weighted by molar-refractivity contribution is 0.480. The number of benzene rings is 1. The van der Waals surface area contributed by atoms with Crippen LogP contribution in [0, 0.1) is 0 Å². The summed E-state index contributed by atoms with van der Waals surface area (Å²) in [5.41, 5.74) is 7.63. The molecule has 1 aromatic carbocycles. The van der Waals surface area contributed by atoms with Crippen molar-refractivity contribution < 1.29 is 4.42 Å². The third-order valence-corrected chi connectivity index (χ3v) is 3.77. The molecular weight excluding hydrogens is 270 g/mol. The summed E-state index contributed by atoms with van der Waals surface area (Å²) in [6.07, 6.45) is 2.96. The van der Waals surface area contributed by atoms with Crippen molar-refractivity contribution in [2.24, 2.45) is 0 Å². The largest absolute Gasteiger partial charge is 0.439 e. The van der Waals surface area contributed by atoms with E-state index in [1.807, 2.05) is 0 Å². The van der Waals surface area contributed by atoms with E-state index in [9.17, 15) is 4.79 Å². The number of fused-ring (bicyclic) bond motifs is 2. The topological polar surface area (TPSA) is 91.9 Å². The standard InChI is InChI=1S/C14H15N5O2/c15-9-4-5-11-10(7-9)16-13(21-11)8-19-14(20)18-6-2-1-3-12(18)17-19/h4-5,7H,1-3,6,8,15H2. The van der Waals surface area contributed by atoms with Gasteiger partial charge in [0.1, 0.15) is 17.9 Å². The normalized spacial score (nSPS) is 14.5. The van der Waals surface area contributed by atoms with Gasteiger partial charge in [0.2, 0.25) is 5.89 Å². The molecule has 3 heterocycles. The Balaban J connectivity index is 1.71. The van der Waals surface area contributed by atoms with Crippen LogP contribution in [0.1, 0.15) is 24.6 Å². The van der Waals surface area contributed by atoms with Crippen LogP contribution in [0.15, 0.2) is 27.4 Å². The molecule has 0 spiro atoms. The lowest BCUT2D eigenvalue weighted by atomic mass is 10.2. The van der Waals surface area contributed by atoms with Crippen LogP contribution in [0.3, 0.4) is 0 Å². The highest BCUT2D eigenvalue weighted by Crippen LogP contribution is 2.18. The minimum Gasteiger partial charge on any atom is -0.439 e. The monoisotopic (exact) mass is 285 g/mol. The second-order valence-electron chi connectivity index (χ2n) is 5.30. The molecule has 3 aromatic rings. The number of oxazole rings is 1. The third-order valence-electron chi connectivity index (χ3n) is 3.77. The lowest BCUT2D eigenvalue weighted by Crippen LogP contribution is -2.27. The first-order valence-corrected chi connectivity index (χ1v) is 7.02.